The highest BCUT2D eigenvalue weighted by Crippen LogP contribution is 2.48. The van der Waals surface area contributed by atoms with Gasteiger partial charge in [0.05, 0.1) is 5.60 Å². The molecule has 104 valence electrons. The lowest BCUT2D eigenvalue weighted by Gasteiger charge is -2.49. The molecule has 0 bridgehead atoms. The summed E-state index contributed by atoms with van der Waals surface area (Å²) in [4.78, 5) is 2.24. The lowest BCUT2D eigenvalue weighted by atomic mass is 9.64. The molecule has 2 unspecified atom stereocenters. The second-order valence-electron chi connectivity index (χ2n) is 6.32. The molecule has 19 heavy (non-hydrogen) atoms. The van der Waals surface area contributed by atoms with Crippen molar-refractivity contribution < 1.29 is 5.11 Å². The molecular weight excluding hydrogens is 236 g/mol. The Bertz CT molecular complexity index is 476. The van der Waals surface area contributed by atoms with Crippen molar-refractivity contribution in [3.8, 4) is 0 Å². The van der Waals surface area contributed by atoms with E-state index in [1.807, 2.05) is 0 Å². The molecule has 1 aliphatic carbocycles. The average molecular weight is 260 g/mol. The largest absolute Gasteiger partial charge is 0.388 e. The summed E-state index contributed by atoms with van der Waals surface area (Å²) in [5.41, 5.74) is 7.89. The monoisotopic (exact) mass is 260 g/mol. The molecule has 1 heterocycles. The Labute approximate surface area is 115 Å². The second-order valence-corrected chi connectivity index (χ2v) is 6.32. The Morgan fingerprint density at radius 1 is 1.32 bits per heavy atom. The molecule has 1 aliphatic heterocycles. The fraction of sp³-hybridized carbons (Fsp3) is 0.625. The van der Waals surface area contributed by atoms with Crippen LogP contribution in [0, 0.1) is 0 Å². The SMILES string of the molecule is CN1CCCC(O)(C2(CN)CCc3ccccc32)C1. The van der Waals surface area contributed by atoms with E-state index in [-0.39, 0.29) is 5.41 Å². The Morgan fingerprint density at radius 3 is 2.84 bits per heavy atom. The standard InChI is InChI=1S/C16H24N2O/c1-18-10-4-8-16(19,12-18)15(11-17)9-7-13-5-2-3-6-14(13)15/h2-3,5-6,19H,4,7-12,17H2,1H3. The number of piperidine rings is 1. The molecule has 1 aromatic carbocycles. The van der Waals surface area contributed by atoms with Crippen LogP contribution in [0.5, 0.6) is 0 Å². The predicted molar refractivity (Wildman–Crippen MR) is 77.2 cm³/mol. The first-order chi connectivity index (χ1) is 9.11. The van der Waals surface area contributed by atoms with E-state index < -0.39 is 5.60 Å². The lowest BCUT2D eigenvalue weighted by molar-refractivity contribution is -0.0835. The van der Waals surface area contributed by atoms with Crippen LogP contribution in [-0.2, 0) is 11.8 Å². The van der Waals surface area contributed by atoms with Crippen LogP contribution in [0.25, 0.3) is 0 Å². The molecule has 0 saturated carbocycles. The molecule has 3 rings (SSSR count). The minimum Gasteiger partial charge on any atom is -0.388 e. The molecule has 3 N–H and O–H groups in total. The van der Waals surface area contributed by atoms with Crippen molar-refractivity contribution in [2.75, 3.05) is 26.7 Å². The van der Waals surface area contributed by atoms with Crippen molar-refractivity contribution >= 4 is 0 Å². The first-order valence-electron chi connectivity index (χ1n) is 7.31. The van der Waals surface area contributed by atoms with Gasteiger partial charge in [0.15, 0.2) is 0 Å². The van der Waals surface area contributed by atoms with E-state index in [0.717, 1.165) is 38.8 Å². The Kier molecular flexibility index (Phi) is 3.16. The molecule has 0 radical (unpaired) electrons. The molecule has 1 aromatic rings. The summed E-state index contributed by atoms with van der Waals surface area (Å²) in [6, 6.07) is 8.51. The summed E-state index contributed by atoms with van der Waals surface area (Å²) in [5.74, 6) is 0. The van der Waals surface area contributed by atoms with Crippen LogP contribution < -0.4 is 5.73 Å². The number of hydrogen-bond donors (Lipinski definition) is 2. The Hall–Kier alpha value is -0.900. The van der Waals surface area contributed by atoms with Crippen molar-refractivity contribution in [2.24, 2.45) is 5.73 Å². The van der Waals surface area contributed by atoms with Crippen LogP contribution in [-0.4, -0.2) is 42.3 Å². The van der Waals surface area contributed by atoms with Gasteiger partial charge in [0.2, 0.25) is 0 Å². The van der Waals surface area contributed by atoms with Gasteiger partial charge in [-0.3, -0.25) is 0 Å². The highest BCUT2D eigenvalue weighted by atomic mass is 16.3. The van der Waals surface area contributed by atoms with Crippen molar-refractivity contribution in [2.45, 2.75) is 36.7 Å². The van der Waals surface area contributed by atoms with Crippen LogP contribution >= 0.6 is 0 Å². The number of aliphatic hydroxyl groups is 1. The Balaban J connectivity index is 2.05. The zero-order valence-electron chi connectivity index (χ0n) is 11.7. The molecule has 3 nitrogen and oxygen atoms in total. The minimum absolute atomic E-state index is 0.252. The molecule has 1 fully saturated rings. The van der Waals surface area contributed by atoms with Crippen LogP contribution in [0.1, 0.15) is 30.4 Å². The summed E-state index contributed by atoms with van der Waals surface area (Å²) < 4.78 is 0. The van der Waals surface area contributed by atoms with E-state index in [9.17, 15) is 5.11 Å². The summed E-state index contributed by atoms with van der Waals surface area (Å²) in [7, 11) is 2.09. The van der Waals surface area contributed by atoms with Gasteiger partial charge in [-0.2, -0.15) is 0 Å². The lowest BCUT2D eigenvalue weighted by Crippen LogP contribution is -2.62. The number of benzene rings is 1. The second kappa shape index (κ2) is 4.58. The highest BCUT2D eigenvalue weighted by molar-refractivity contribution is 5.43. The van der Waals surface area contributed by atoms with E-state index in [0.29, 0.717) is 6.54 Å². The van der Waals surface area contributed by atoms with Gasteiger partial charge >= 0.3 is 0 Å². The molecule has 0 amide bonds. The van der Waals surface area contributed by atoms with E-state index in [1.165, 1.54) is 11.1 Å². The van der Waals surface area contributed by atoms with Gasteiger partial charge in [0.1, 0.15) is 0 Å². The number of nitrogens with two attached hydrogens (primary N) is 1. The number of fused-ring (bicyclic) bond motifs is 1. The summed E-state index contributed by atoms with van der Waals surface area (Å²) in [6.45, 7) is 2.34. The number of nitrogens with zero attached hydrogens (tertiary/aromatic N) is 1. The van der Waals surface area contributed by atoms with Gasteiger partial charge < -0.3 is 15.7 Å². The number of aryl methyl sites for hydroxylation is 1. The number of β-amino-alcohol motifs (C(OH)–C–C–N with tert-alkyl or cyclic N) is 1. The van der Waals surface area contributed by atoms with Gasteiger partial charge in [-0.25, -0.2) is 0 Å². The van der Waals surface area contributed by atoms with Crippen LogP contribution in [0.3, 0.4) is 0 Å². The quantitative estimate of drug-likeness (QED) is 0.842. The number of likely N-dealkylation sites (N-methyl/N-ethyl adjacent to an activating group) is 1. The predicted octanol–water partition coefficient (Wildman–Crippen LogP) is 1.29. The summed E-state index contributed by atoms with van der Waals surface area (Å²) in [5, 5.41) is 11.3. The normalized spacial score (nSPS) is 35.3. The first kappa shape index (κ1) is 13.1. The number of rotatable bonds is 2. The molecule has 3 heteroatoms. The smallest absolute Gasteiger partial charge is 0.0882 e. The maximum Gasteiger partial charge on any atom is 0.0882 e. The maximum absolute atomic E-state index is 11.3. The first-order valence-corrected chi connectivity index (χ1v) is 7.31. The van der Waals surface area contributed by atoms with Gasteiger partial charge in [-0.05, 0) is 50.4 Å². The highest BCUT2D eigenvalue weighted by Gasteiger charge is 2.54. The minimum atomic E-state index is -0.679. The average Bonchev–Trinajstić information content (AvgIpc) is 2.79. The topological polar surface area (TPSA) is 49.5 Å². The van der Waals surface area contributed by atoms with Crippen molar-refractivity contribution in [1.29, 1.82) is 0 Å². The summed E-state index contributed by atoms with van der Waals surface area (Å²) >= 11 is 0. The Morgan fingerprint density at radius 2 is 2.11 bits per heavy atom. The number of likely N-dealkylation sites (tertiary alicyclic amines) is 1. The molecule has 2 aliphatic rings. The van der Waals surface area contributed by atoms with Gasteiger partial charge in [0.25, 0.3) is 0 Å². The molecule has 0 aromatic heterocycles. The third-order valence-electron chi connectivity index (χ3n) is 5.25. The van der Waals surface area contributed by atoms with Crippen LogP contribution in [0.15, 0.2) is 24.3 Å². The van der Waals surface area contributed by atoms with Crippen molar-refractivity contribution in [3.05, 3.63) is 35.4 Å². The fourth-order valence-electron chi connectivity index (χ4n) is 4.21. The van der Waals surface area contributed by atoms with Crippen LogP contribution in [0.2, 0.25) is 0 Å². The van der Waals surface area contributed by atoms with Crippen LogP contribution in [0.4, 0.5) is 0 Å². The van der Waals surface area contributed by atoms with E-state index in [1.54, 1.807) is 0 Å². The van der Waals surface area contributed by atoms with Gasteiger partial charge in [-0.15, -0.1) is 0 Å². The van der Waals surface area contributed by atoms with E-state index in [4.69, 9.17) is 5.73 Å². The van der Waals surface area contributed by atoms with Crippen molar-refractivity contribution in [3.63, 3.8) is 0 Å². The van der Waals surface area contributed by atoms with Crippen molar-refractivity contribution in [1.82, 2.24) is 4.90 Å². The third kappa shape index (κ3) is 1.83. The van der Waals surface area contributed by atoms with Gasteiger partial charge in [-0.1, -0.05) is 24.3 Å². The molecular formula is C16H24N2O. The third-order valence-corrected chi connectivity index (χ3v) is 5.25. The van der Waals surface area contributed by atoms with E-state index in [2.05, 4.69) is 36.2 Å². The van der Waals surface area contributed by atoms with E-state index >= 15 is 0 Å². The summed E-state index contributed by atoms with van der Waals surface area (Å²) in [6.07, 6.45) is 3.94. The molecule has 2 atom stereocenters. The molecule has 1 saturated heterocycles. The fourth-order valence-corrected chi connectivity index (χ4v) is 4.21. The number of hydrogen-bond acceptors (Lipinski definition) is 3. The zero-order chi connectivity index (χ0) is 13.5. The van der Waals surface area contributed by atoms with Gasteiger partial charge in [0, 0.05) is 18.5 Å². The zero-order valence-corrected chi connectivity index (χ0v) is 11.7. The maximum atomic E-state index is 11.3. The molecule has 0 spiro atoms.